The van der Waals surface area contributed by atoms with Gasteiger partial charge in [-0.1, -0.05) is 37.7 Å². The number of amides is 1. The van der Waals surface area contributed by atoms with Crippen LogP contribution < -0.4 is 10.1 Å². The maximum absolute atomic E-state index is 12.1. The minimum Gasteiger partial charge on any atom is -0.484 e. The van der Waals surface area contributed by atoms with Crippen LogP contribution >= 0.6 is 23.1 Å². The van der Waals surface area contributed by atoms with Crippen LogP contribution in [0.3, 0.4) is 0 Å². The Hall–Kier alpha value is -2.05. The molecule has 0 atom stereocenters. The van der Waals surface area contributed by atoms with Crippen molar-refractivity contribution >= 4 is 44.9 Å². The second kappa shape index (κ2) is 7.89. The smallest absolute Gasteiger partial charge is 0.262 e. The number of benzene rings is 2. The number of carbonyl (C=O) groups excluding carboxylic acids is 1. The second-order valence-electron chi connectivity index (χ2n) is 5.93. The summed E-state index contributed by atoms with van der Waals surface area (Å²) < 4.78 is 7.64. The Morgan fingerprint density at radius 2 is 2.00 bits per heavy atom. The Labute approximate surface area is 155 Å². The van der Waals surface area contributed by atoms with E-state index in [-0.39, 0.29) is 12.5 Å². The fourth-order valence-corrected chi connectivity index (χ4v) is 3.89. The summed E-state index contributed by atoms with van der Waals surface area (Å²) in [4.78, 5) is 16.6. The van der Waals surface area contributed by atoms with Gasteiger partial charge >= 0.3 is 0 Å². The van der Waals surface area contributed by atoms with Gasteiger partial charge in [0.25, 0.3) is 5.91 Å². The zero-order valence-corrected chi connectivity index (χ0v) is 16.0. The molecule has 3 rings (SSSR count). The SMILES string of the molecule is CSc1nc2ccc(NC(=O)COc3ccc(C(C)C)cc3)cc2s1. The molecule has 1 amide bonds. The zero-order chi connectivity index (χ0) is 17.8. The van der Waals surface area contributed by atoms with Gasteiger partial charge in [0, 0.05) is 5.69 Å². The van der Waals surface area contributed by atoms with Gasteiger partial charge in [0.05, 0.1) is 10.2 Å². The van der Waals surface area contributed by atoms with Crippen LogP contribution in [0.5, 0.6) is 5.75 Å². The molecule has 0 saturated carbocycles. The van der Waals surface area contributed by atoms with Crippen LogP contribution in [0, 0.1) is 0 Å². The van der Waals surface area contributed by atoms with Crippen LogP contribution in [-0.4, -0.2) is 23.8 Å². The Balaban J connectivity index is 1.58. The fraction of sp³-hybridized carbons (Fsp3) is 0.263. The summed E-state index contributed by atoms with van der Waals surface area (Å²) in [5.41, 5.74) is 2.96. The number of fused-ring (bicyclic) bond motifs is 1. The molecule has 0 unspecified atom stereocenters. The van der Waals surface area contributed by atoms with E-state index in [4.69, 9.17) is 4.74 Å². The van der Waals surface area contributed by atoms with Gasteiger partial charge < -0.3 is 10.1 Å². The molecule has 0 aliphatic heterocycles. The number of rotatable bonds is 6. The number of thiazole rings is 1. The van der Waals surface area contributed by atoms with Gasteiger partial charge in [-0.25, -0.2) is 4.98 Å². The van der Waals surface area contributed by atoms with Crippen molar-refractivity contribution in [3.8, 4) is 5.75 Å². The molecule has 1 aromatic heterocycles. The summed E-state index contributed by atoms with van der Waals surface area (Å²) in [5.74, 6) is 0.995. The first-order chi connectivity index (χ1) is 12.0. The number of hydrogen-bond donors (Lipinski definition) is 1. The minimum atomic E-state index is -0.179. The molecule has 0 aliphatic rings. The third-order valence-corrected chi connectivity index (χ3v) is 5.75. The Bertz CT molecular complexity index is 873. The van der Waals surface area contributed by atoms with Gasteiger partial charge in [0.1, 0.15) is 5.75 Å². The van der Waals surface area contributed by atoms with E-state index >= 15 is 0 Å². The first kappa shape index (κ1) is 17.8. The largest absolute Gasteiger partial charge is 0.484 e. The van der Waals surface area contributed by atoms with Gasteiger partial charge in [-0.3, -0.25) is 4.79 Å². The molecule has 2 aromatic carbocycles. The molecule has 0 radical (unpaired) electrons. The van der Waals surface area contributed by atoms with Crippen molar-refractivity contribution in [2.75, 3.05) is 18.2 Å². The molecular formula is C19H20N2O2S2. The lowest BCUT2D eigenvalue weighted by Gasteiger charge is -2.09. The maximum Gasteiger partial charge on any atom is 0.262 e. The van der Waals surface area contributed by atoms with E-state index in [1.165, 1.54) is 5.56 Å². The second-order valence-corrected chi connectivity index (χ2v) is 8.01. The van der Waals surface area contributed by atoms with Gasteiger partial charge in [-0.2, -0.15) is 0 Å². The summed E-state index contributed by atoms with van der Waals surface area (Å²) in [6, 6.07) is 13.6. The highest BCUT2D eigenvalue weighted by Gasteiger charge is 2.08. The highest BCUT2D eigenvalue weighted by Crippen LogP contribution is 2.30. The van der Waals surface area contributed by atoms with Crippen LogP contribution in [0.15, 0.2) is 46.8 Å². The quantitative estimate of drug-likeness (QED) is 0.607. The zero-order valence-electron chi connectivity index (χ0n) is 14.4. The standard InChI is InChI=1S/C19H20N2O2S2/c1-12(2)13-4-7-15(8-5-13)23-11-18(22)20-14-6-9-16-17(10-14)25-19(21-16)24-3/h4-10,12H,11H2,1-3H3,(H,20,22). The topological polar surface area (TPSA) is 51.2 Å². The first-order valence-electron chi connectivity index (χ1n) is 8.02. The van der Waals surface area contributed by atoms with Gasteiger partial charge in [0.15, 0.2) is 10.9 Å². The van der Waals surface area contributed by atoms with Crippen molar-refractivity contribution in [3.63, 3.8) is 0 Å². The van der Waals surface area contributed by atoms with Crippen LogP contribution in [0.2, 0.25) is 0 Å². The number of ether oxygens (including phenoxy) is 1. The molecule has 130 valence electrons. The molecule has 0 spiro atoms. The van der Waals surface area contributed by atoms with Crippen molar-refractivity contribution in [3.05, 3.63) is 48.0 Å². The lowest BCUT2D eigenvalue weighted by molar-refractivity contribution is -0.118. The number of anilines is 1. The predicted molar refractivity (Wildman–Crippen MR) is 106 cm³/mol. The van der Waals surface area contributed by atoms with Crippen LogP contribution in [0.25, 0.3) is 10.2 Å². The summed E-state index contributed by atoms with van der Waals surface area (Å²) >= 11 is 3.24. The van der Waals surface area contributed by atoms with Crippen LogP contribution in [-0.2, 0) is 4.79 Å². The molecular weight excluding hydrogens is 352 g/mol. The van der Waals surface area contributed by atoms with Crippen LogP contribution in [0.1, 0.15) is 25.3 Å². The third-order valence-electron chi connectivity index (χ3n) is 3.74. The van der Waals surface area contributed by atoms with E-state index in [1.807, 2.05) is 48.7 Å². The van der Waals surface area contributed by atoms with Crippen molar-refractivity contribution in [2.45, 2.75) is 24.1 Å². The number of aromatic nitrogens is 1. The van der Waals surface area contributed by atoms with E-state index in [0.29, 0.717) is 11.7 Å². The van der Waals surface area contributed by atoms with E-state index in [0.717, 1.165) is 20.2 Å². The lowest BCUT2D eigenvalue weighted by atomic mass is 10.0. The van der Waals surface area contributed by atoms with E-state index in [9.17, 15) is 4.79 Å². The Morgan fingerprint density at radius 1 is 1.24 bits per heavy atom. The summed E-state index contributed by atoms with van der Waals surface area (Å²) in [6.45, 7) is 4.27. The molecule has 0 aliphatic carbocycles. The molecule has 4 nitrogen and oxygen atoms in total. The maximum atomic E-state index is 12.1. The van der Waals surface area contributed by atoms with Crippen molar-refractivity contribution in [1.29, 1.82) is 0 Å². The summed E-state index contributed by atoms with van der Waals surface area (Å²) in [6.07, 6.45) is 2.01. The predicted octanol–water partition coefficient (Wildman–Crippen LogP) is 5.16. The average molecular weight is 373 g/mol. The van der Waals surface area contributed by atoms with Gasteiger partial charge in [-0.05, 0) is 48.1 Å². The summed E-state index contributed by atoms with van der Waals surface area (Å²) in [7, 11) is 0. The molecule has 3 aromatic rings. The number of hydrogen-bond acceptors (Lipinski definition) is 5. The number of nitrogens with one attached hydrogen (secondary N) is 1. The molecule has 0 fully saturated rings. The fourth-order valence-electron chi connectivity index (χ4n) is 2.36. The van der Waals surface area contributed by atoms with Crippen molar-refractivity contribution in [1.82, 2.24) is 4.98 Å². The van der Waals surface area contributed by atoms with Crippen LogP contribution in [0.4, 0.5) is 5.69 Å². The molecule has 1 N–H and O–H groups in total. The van der Waals surface area contributed by atoms with Crippen molar-refractivity contribution < 1.29 is 9.53 Å². The minimum absolute atomic E-state index is 0.0161. The van der Waals surface area contributed by atoms with E-state index in [2.05, 4.69) is 24.1 Å². The molecule has 1 heterocycles. The molecule has 6 heteroatoms. The van der Waals surface area contributed by atoms with Crippen molar-refractivity contribution in [2.24, 2.45) is 0 Å². The highest BCUT2D eigenvalue weighted by molar-refractivity contribution is 8.00. The number of thioether (sulfide) groups is 1. The molecule has 0 bridgehead atoms. The monoisotopic (exact) mass is 372 g/mol. The lowest BCUT2D eigenvalue weighted by Crippen LogP contribution is -2.20. The van der Waals surface area contributed by atoms with Gasteiger partial charge in [0.2, 0.25) is 0 Å². The number of nitrogens with zero attached hydrogens (tertiary/aromatic N) is 1. The third kappa shape index (κ3) is 4.52. The molecule has 25 heavy (non-hydrogen) atoms. The Morgan fingerprint density at radius 3 is 2.68 bits per heavy atom. The molecule has 0 saturated heterocycles. The Kier molecular flexibility index (Phi) is 5.60. The van der Waals surface area contributed by atoms with Gasteiger partial charge in [-0.15, -0.1) is 11.3 Å². The van der Waals surface area contributed by atoms with E-state index in [1.54, 1.807) is 23.1 Å². The number of carbonyl (C=O) groups is 1. The highest BCUT2D eigenvalue weighted by atomic mass is 32.2. The average Bonchev–Trinajstić information content (AvgIpc) is 3.02. The first-order valence-corrected chi connectivity index (χ1v) is 10.1. The van der Waals surface area contributed by atoms with E-state index < -0.39 is 0 Å². The summed E-state index contributed by atoms with van der Waals surface area (Å²) in [5, 5.41) is 2.87. The normalized spacial score (nSPS) is 11.0.